The summed E-state index contributed by atoms with van der Waals surface area (Å²) in [5.74, 6) is -5.48. The van der Waals surface area contributed by atoms with Gasteiger partial charge in [-0.3, -0.25) is 0 Å². The van der Waals surface area contributed by atoms with Gasteiger partial charge in [0.1, 0.15) is 5.82 Å². The SMILES string of the molecule is CCCC12COC(c3ccc(-c4cc(F)c(O/C=C/C(F)F)c(F)c4)c(F)c3)(OC1)OC2. The lowest BCUT2D eigenvalue weighted by atomic mass is 9.83. The van der Waals surface area contributed by atoms with E-state index in [1.807, 2.05) is 0 Å². The maximum absolute atomic E-state index is 14.9. The Morgan fingerprint density at radius 3 is 2.12 bits per heavy atom. The molecule has 2 aromatic carbocycles. The van der Waals surface area contributed by atoms with Gasteiger partial charge >= 0.3 is 5.97 Å². The molecular weight excluding hydrogens is 435 g/mol. The first-order valence-corrected chi connectivity index (χ1v) is 10.1. The Hall–Kier alpha value is -2.49. The standard InChI is InChI=1S/C23H21F5O4/c1-2-6-22-11-30-23(31-12-22,32-13-22)15-3-4-16(17(24)10-15)14-8-18(25)21(19(26)9-14)29-7-5-20(27)28/h3-5,7-10,20H,2,6,11-13H2,1H3/b7-5+. The number of allylic oxidation sites excluding steroid dienone is 1. The molecule has 4 nitrogen and oxygen atoms in total. The van der Waals surface area contributed by atoms with Crippen LogP contribution < -0.4 is 4.74 Å². The van der Waals surface area contributed by atoms with E-state index in [2.05, 4.69) is 11.7 Å². The van der Waals surface area contributed by atoms with E-state index in [4.69, 9.17) is 14.2 Å². The van der Waals surface area contributed by atoms with Crippen LogP contribution in [0.2, 0.25) is 0 Å². The van der Waals surface area contributed by atoms with Gasteiger partial charge in [0, 0.05) is 22.6 Å². The summed E-state index contributed by atoms with van der Waals surface area (Å²) < 4.78 is 89.7. The van der Waals surface area contributed by atoms with Gasteiger partial charge in [-0.25, -0.2) is 22.0 Å². The summed E-state index contributed by atoms with van der Waals surface area (Å²) in [7, 11) is 0. The molecule has 5 rings (SSSR count). The van der Waals surface area contributed by atoms with Crippen molar-refractivity contribution in [2.45, 2.75) is 32.2 Å². The van der Waals surface area contributed by atoms with Gasteiger partial charge in [0.2, 0.25) is 0 Å². The molecule has 0 aromatic heterocycles. The Labute approximate surface area is 181 Å². The van der Waals surface area contributed by atoms with Crippen LogP contribution in [-0.2, 0) is 20.2 Å². The van der Waals surface area contributed by atoms with Gasteiger partial charge in [0.25, 0.3) is 6.43 Å². The lowest BCUT2D eigenvalue weighted by Gasteiger charge is -2.51. The van der Waals surface area contributed by atoms with Crippen LogP contribution in [0.5, 0.6) is 5.75 Å². The van der Waals surface area contributed by atoms with Crippen LogP contribution in [-0.4, -0.2) is 26.2 Å². The first-order valence-electron chi connectivity index (χ1n) is 10.1. The molecule has 3 aliphatic rings. The molecule has 0 spiro atoms. The largest absolute Gasteiger partial charge is 0.459 e. The number of alkyl halides is 2. The van der Waals surface area contributed by atoms with Crippen molar-refractivity contribution in [1.82, 2.24) is 0 Å². The van der Waals surface area contributed by atoms with Crippen LogP contribution in [0.25, 0.3) is 11.1 Å². The molecule has 0 unspecified atom stereocenters. The van der Waals surface area contributed by atoms with Gasteiger partial charge in [-0.2, -0.15) is 0 Å². The highest BCUT2D eigenvalue weighted by Gasteiger charge is 2.53. The molecule has 0 radical (unpaired) electrons. The van der Waals surface area contributed by atoms with Crippen molar-refractivity contribution < 1.29 is 40.9 Å². The fourth-order valence-electron chi connectivity index (χ4n) is 3.93. The van der Waals surface area contributed by atoms with E-state index in [1.54, 1.807) is 0 Å². The Morgan fingerprint density at radius 2 is 1.59 bits per heavy atom. The normalized spacial score (nSPS) is 25.1. The van der Waals surface area contributed by atoms with E-state index < -0.39 is 35.6 Å². The summed E-state index contributed by atoms with van der Waals surface area (Å²) in [6.45, 7) is 3.32. The number of hydrogen-bond acceptors (Lipinski definition) is 4. The van der Waals surface area contributed by atoms with Gasteiger partial charge in [-0.1, -0.05) is 25.5 Å². The molecule has 0 aliphatic carbocycles. The molecule has 3 heterocycles. The van der Waals surface area contributed by atoms with Gasteiger partial charge in [0.05, 0.1) is 26.1 Å². The summed E-state index contributed by atoms with van der Waals surface area (Å²) >= 11 is 0. The monoisotopic (exact) mass is 456 g/mol. The number of rotatable bonds is 7. The van der Waals surface area contributed by atoms with Crippen molar-refractivity contribution in [2.75, 3.05) is 19.8 Å². The second-order valence-electron chi connectivity index (χ2n) is 7.92. The van der Waals surface area contributed by atoms with E-state index in [-0.39, 0.29) is 16.5 Å². The molecule has 9 heteroatoms. The van der Waals surface area contributed by atoms with Gasteiger partial charge < -0.3 is 18.9 Å². The third-order valence-corrected chi connectivity index (χ3v) is 5.53. The Morgan fingerprint density at radius 1 is 0.969 bits per heavy atom. The van der Waals surface area contributed by atoms with E-state index in [9.17, 15) is 22.0 Å². The quantitative estimate of drug-likeness (QED) is 0.384. The molecule has 2 aromatic rings. The Bertz CT molecular complexity index is 976. The average molecular weight is 456 g/mol. The zero-order valence-electron chi connectivity index (χ0n) is 17.2. The number of fused-ring (bicyclic) bond motifs is 3. The molecule has 172 valence electrons. The van der Waals surface area contributed by atoms with E-state index in [1.165, 1.54) is 12.1 Å². The van der Waals surface area contributed by atoms with Crippen molar-refractivity contribution in [1.29, 1.82) is 0 Å². The second-order valence-corrected chi connectivity index (χ2v) is 7.92. The molecule has 2 bridgehead atoms. The average Bonchev–Trinajstić information content (AvgIpc) is 2.76. The van der Waals surface area contributed by atoms with Gasteiger partial charge in [0.15, 0.2) is 17.4 Å². The van der Waals surface area contributed by atoms with Crippen molar-refractivity contribution in [3.8, 4) is 16.9 Å². The summed E-state index contributed by atoms with van der Waals surface area (Å²) in [4.78, 5) is 0. The van der Waals surface area contributed by atoms with Gasteiger partial charge in [-0.15, -0.1) is 0 Å². The van der Waals surface area contributed by atoms with Crippen molar-refractivity contribution >= 4 is 0 Å². The predicted molar refractivity (Wildman–Crippen MR) is 104 cm³/mol. The zero-order valence-corrected chi connectivity index (χ0v) is 17.2. The van der Waals surface area contributed by atoms with Crippen molar-refractivity contribution in [3.63, 3.8) is 0 Å². The van der Waals surface area contributed by atoms with Gasteiger partial charge in [-0.05, 0) is 30.2 Å². The third-order valence-electron chi connectivity index (χ3n) is 5.53. The topological polar surface area (TPSA) is 36.9 Å². The maximum Gasteiger partial charge on any atom is 0.312 e. The van der Waals surface area contributed by atoms with Crippen LogP contribution in [0, 0.1) is 22.9 Å². The summed E-state index contributed by atoms with van der Waals surface area (Å²) in [6, 6.07) is 5.69. The highest BCUT2D eigenvalue weighted by molar-refractivity contribution is 5.66. The lowest BCUT2D eigenvalue weighted by Crippen LogP contribution is -2.58. The molecule has 0 N–H and O–H groups in total. The molecular formula is C23H21F5O4. The third kappa shape index (κ3) is 4.24. The highest BCUT2D eigenvalue weighted by Crippen LogP contribution is 2.46. The van der Waals surface area contributed by atoms with Crippen molar-refractivity contribution in [3.05, 3.63) is 65.7 Å². The van der Waals surface area contributed by atoms with Crippen LogP contribution in [0.3, 0.4) is 0 Å². The molecule has 3 aliphatic heterocycles. The number of ether oxygens (including phenoxy) is 4. The van der Waals surface area contributed by atoms with Crippen LogP contribution in [0.4, 0.5) is 22.0 Å². The lowest BCUT2D eigenvalue weighted by molar-refractivity contribution is -0.480. The molecule has 0 amide bonds. The van der Waals surface area contributed by atoms with Crippen molar-refractivity contribution in [2.24, 2.45) is 5.41 Å². The summed E-state index contributed by atoms with van der Waals surface area (Å²) in [5.41, 5.74) is -0.0897. The minimum absolute atomic E-state index is 0.0791. The number of halogens is 5. The van der Waals surface area contributed by atoms with E-state index in [0.717, 1.165) is 31.0 Å². The minimum atomic E-state index is -2.83. The van der Waals surface area contributed by atoms with Crippen LogP contribution >= 0.6 is 0 Å². The zero-order chi connectivity index (χ0) is 22.9. The second kappa shape index (κ2) is 8.80. The number of benzene rings is 2. The van der Waals surface area contributed by atoms with Crippen LogP contribution in [0.15, 0.2) is 42.7 Å². The molecule has 0 saturated carbocycles. The number of hydrogen-bond donors (Lipinski definition) is 0. The smallest absolute Gasteiger partial charge is 0.312 e. The fourth-order valence-corrected chi connectivity index (χ4v) is 3.93. The van der Waals surface area contributed by atoms with Crippen LogP contribution in [0.1, 0.15) is 25.3 Å². The van der Waals surface area contributed by atoms with E-state index in [0.29, 0.717) is 37.7 Å². The summed E-state index contributed by atoms with van der Waals surface area (Å²) in [6.07, 6.45) is -0.179. The maximum atomic E-state index is 14.9. The Kier molecular flexibility index (Phi) is 6.24. The molecule has 3 saturated heterocycles. The fraction of sp³-hybridized carbons (Fsp3) is 0.391. The molecule has 32 heavy (non-hydrogen) atoms. The molecule has 3 fully saturated rings. The highest BCUT2D eigenvalue weighted by atomic mass is 19.3. The first-order chi connectivity index (χ1) is 15.3. The molecule has 0 atom stereocenters. The predicted octanol–water partition coefficient (Wildman–Crippen LogP) is 5.90. The first kappa shape index (κ1) is 22.7. The minimum Gasteiger partial charge on any atom is -0.459 e. The van der Waals surface area contributed by atoms with E-state index >= 15 is 0 Å². The summed E-state index contributed by atoms with van der Waals surface area (Å²) in [5, 5.41) is 0. The Balaban J connectivity index is 1.57.